The molecule has 8 heteroatoms. The smallest absolute Gasteiger partial charge is 0.268 e. The number of hydrogen-bond acceptors (Lipinski definition) is 4. The third-order valence-corrected chi connectivity index (χ3v) is 5.02. The third-order valence-electron chi connectivity index (χ3n) is 4.48. The van der Waals surface area contributed by atoms with Crippen LogP contribution >= 0.6 is 23.2 Å². The van der Waals surface area contributed by atoms with Gasteiger partial charge in [0.2, 0.25) is 0 Å². The highest BCUT2D eigenvalue weighted by Gasteiger charge is 2.14. The van der Waals surface area contributed by atoms with Crippen molar-refractivity contribution in [3.8, 4) is 5.69 Å². The predicted octanol–water partition coefficient (Wildman–Crippen LogP) is 5.77. The Morgan fingerprint density at radius 3 is 2.40 bits per heavy atom. The molecule has 0 unspecified atom stereocenters. The highest BCUT2D eigenvalue weighted by Crippen LogP contribution is 2.25. The average molecular weight is 438 g/mol. The molecule has 0 bridgehead atoms. The maximum absolute atomic E-state index is 13.2. The molecule has 0 amide bonds. The zero-order valence-corrected chi connectivity index (χ0v) is 16.8. The van der Waals surface area contributed by atoms with E-state index in [-0.39, 0.29) is 11.2 Å². The molecule has 6 nitrogen and oxygen atoms in total. The summed E-state index contributed by atoms with van der Waals surface area (Å²) in [6.07, 6.45) is 3.39. The molecule has 3 aromatic carbocycles. The molecule has 4 aromatic rings. The van der Waals surface area contributed by atoms with Crippen LogP contribution in [0.5, 0.6) is 0 Å². The van der Waals surface area contributed by atoms with E-state index in [1.54, 1.807) is 66.7 Å². The molecule has 0 atom stereocenters. The lowest BCUT2D eigenvalue weighted by molar-refractivity contribution is -0.384. The average Bonchev–Trinajstić information content (AvgIpc) is 2.73. The van der Waals surface area contributed by atoms with Crippen molar-refractivity contribution >= 4 is 51.9 Å². The number of fused-ring (bicyclic) bond motifs is 1. The molecule has 0 saturated carbocycles. The maximum Gasteiger partial charge on any atom is 0.269 e. The van der Waals surface area contributed by atoms with E-state index < -0.39 is 4.92 Å². The van der Waals surface area contributed by atoms with Crippen LogP contribution in [0.15, 0.2) is 71.5 Å². The minimum absolute atomic E-state index is 0.000773. The van der Waals surface area contributed by atoms with Gasteiger partial charge in [-0.2, -0.15) is 0 Å². The molecule has 0 aliphatic heterocycles. The molecule has 0 aliphatic rings. The monoisotopic (exact) mass is 437 g/mol. The second kappa shape index (κ2) is 8.10. The molecule has 0 aliphatic carbocycles. The number of non-ortho nitro benzene ring substituents is 1. The number of rotatable bonds is 4. The topological polar surface area (TPSA) is 78.0 Å². The highest BCUT2D eigenvalue weighted by atomic mass is 35.5. The van der Waals surface area contributed by atoms with Gasteiger partial charge in [-0.3, -0.25) is 19.5 Å². The number of hydrogen-bond donors (Lipinski definition) is 0. The quantitative estimate of drug-likeness (QED) is 0.299. The van der Waals surface area contributed by atoms with Crippen molar-refractivity contribution < 1.29 is 4.92 Å². The molecule has 0 spiro atoms. The van der Waals surface area contributed by atoms with E-state index in [9.17, 15) is 14.9 Å². The summed E-state index contributed by atoms with van der Waals surface area (Å²) in [6.45, 7) is 0. The van der Waals surface area contributed by atoms with Gasteiger partial charge in [0.15, 0.2) is 0 Å². The predicted molar refractivity (Wildman–Crippen MR) is 119 cm³/mol. The van der Waals surface area contributed by atoms with Gasteiger partial charge in [-0.05, 0) is 54.1 Å². The second-order valence-electron chi connectivity index (χ2n) is 6.41. The summed E-state index contributed by atoms with van der Waals surface area (Å²) in [5.74, 6) is 0.362. The summed E-state index contributed by atoms with van der Waals surface area (Å²) in [4.78, 5) is 28.2. The van der Waals surface area contributed by atoms with Gasteiger partial charge in [0.05, 0.1) is 26.5 Å². The normalized spacial score (nSPS) is 11.3. The SMILES string of the molecule is O=c1c2ccccc2nc(/C=C/c2ccc([N+](=O)[O-])cc2)n1-c1ccc(Cl)cc1Cl. The molecule has 0 fully saturated rings. The number of halogens is 2. The molecule has 4 rings (SSSR count). The molecule has 30 heavy (non-hydrogen) atoms. The second-order valence-corrected chi connectivity index (χ2v) is 7.25. The summed E-state index contributed by atoms with van der Waals surface area (Å²) in [6, 6.07) is 18.0. The number of aromatic nitrogens is 2. The molecular formula is C22H13Cl2N3O3. The van der Waals surface area contributed by atoms with Crippen molar-refractivity contribution in [3.63, 3.8) is 0 Å². The zero-order chi connectivity index (χ0) is 21.3. The summed E-state index contributed by atoms with van der Waals surface area (Å²) in [5, 5.41) is 12.0. The third kappa shape index (κ3) is 3.83. The van der Waals surface area contributed by atoms with E-state index in [4.69, 9.17) is 23.2 Å². The number of nitro benzene ring substituents is 1. The first-order valence-electron chi connectivity index (χ1n) is 8.84. The first-order valence-corrected chi connectivity index (χ1v) is 9.59. The summed E-state index contributed by atoms with van der Waals surface area (Å²) in [5.41, 5.74) is 1.45. The number of nitrogens with zero attached hydrogens (tertiary/aromatic N) is 3. The van der Waals surface area contributed by atoms with Crippen LogP contribution in [0, 0.1) is 10.1 Å². The van der Waals surface area contributed by atoms with Gasteiger partial charge in [0.1, 0.15) is 5.82 Å². The fourth-order valence-electron chi connectivity index (χ4n) is 3.04. The Balaban J connectivity index is 1.89. The standard InChI is InChI=1S/C22H13Cl2N3O3/c23-15-8-11-20(18(24)13-15)26-21(25-19-4-2-1-3-17(19)22(26)28)12-7-14-5-9-16(10-6-14)27(29)30/h1-13H/b12-7+. The summed E-state index contributed by atoms with van der Waals surface area (Å²) >= 11 is 12.4. The Hall–Kier alpha value is -3.48. The van der Waals surface area contributed by atoms with E-state index >= 15 is 0 Å². The molecule has 0 saturated heterocycles. The van der Waals surface area contributed by atoms with Crippen LogP contribution in [0.3, 0.4) is 0 Å². The Bertz CT molecular complexity index is 1360. The van der Waals surface area contributed by atoms with Crippen molar-refractivity contribution in [2.75, 3.05) is 0 Å². The lowest BCUT2D eigenvalue weighted by Crippen LogP contribution is -2.22. The van der Waals surface area contributed by atoms with Gasteiger partial charge in [-0.25, -0.2) is 4.98 Å². The van der Waals surface area contributed by atoms with Gasteiger partial charge >= 0.3 is 0 Å². The van der Waals surface area contributed by atoms with Crippen molar-refractivity contribution in [1.29, 1.82) is 0 Å². The number of nitro groups is 1. The molecule has 1 heterocycles. The van der Waals surface area contributed by atoms with Gasteiger partial charge < -0.3 is 0 Å². The summed E-state index contributed by atoms with van der Waals surface area (Å²) in [7, 11) is 0. The zero-order valence-electron chi connectivity index (χ0n) is 15.3. The van der Waals surface area contributed by atoms with E-state index in [1.807, 2.05) is 0 Å². The Morgan fingerprint density at radius 1 is 0.967 bits per heavy atom. The van der Waals surface area contributed by atoms with E-state index in [1.165, 1.54) is 16.7 Å². The van der Waals surface area contributed by atoms with Crippen LogP contribution in [0.2, 0.25) is 10.0 Å². The van der Waals surface area contributed by atoms with Gasteiger partial charge in [0, 0.05) is 17.2 Å². The van der Waals surface area contributed by atoms with Crippen LogP contribution in [-0.2, 0) is 0 Å². The maximum atomic E-state index is 13.2. The van der Waals surface area contributed by atoms with E-state index in [2.05, 4.69) is 4.98 Å². The van der Waals surface area contributed by atoms with Crippen LogP contribution in [0.4, 0.5) is 5.69 Å². The van der Waals surface area contributed by atoms with Crippen LogP contribution in [0.25, 0.3) is 28.7 Å². The van der Waals surface area contributed by atoms with Crippen molar-refractivity contribution in [1.82, 2.24) is 9.55 Å². The van der Waals surface area contributed by atoms with Crippen molar-refractivity contribution in [2.45, 2.75) is 0 Å². The first kappa shape index (κ1) is 19.8. The molecule has 0 radical (unpaired) electrons. The Morgan fingerprint density at radius 2 is 1.70 bits per heavy atom. The first-order chi connectivity index (χ1) is 14.4. The van der Waals surface area contributed by atoms with E-state index in [0.717, 1.165) is 5.56 Å². The van der Waals surface area contributed by atoms with Crippen LogP contribution in [0.1, 0.15) is 11.4 Å². The lowest BCUT2D eigenvalue weighted by atomic mass is 10.2. The van der Waals surface area contributed by atoms with E-state index in [0.29, 0.717) is 32.5 Å². The lowest BCUT2D eigenvalue weighted by Gasteiger charge is -2.13. The van der Waals surface area contributed by atoms with Gasteiger partial charge in [-0.15, -0.1) is 0 Å². The number of para-hydroxylation sites is 1. The van der Waals surface area contributed by atoms with Gasteiger partial charge in [0.25, 0.3) is 11.2 Å². The van der Waals surface area contributed by atoms with Crippen LogP contribution < -0.4 is 5.56 Å². The highest BCUT2D eigenvalue weighted by molar-refractivity contribution is 6.35. The largest absolute Gasteiger partial charge is 0.269 e. The molecular weight excluding hydrogens is 425 g/mol. The Kier molecular flexibility index (Phi) is 5.35. The molecule has 148 valence electrons. The summed E-state index contributed by atoms with van der Waals surface area (Å²) < 4.78 is 1.42. The van der Waals surface area contributed by atoms with Crippen LogP contribution in [-0.4, -0.2) is 14.5 Å². The van der Waals surface area contributed by atoms with Crippen molar-refractivity contribution in [3.05, 3.63) is 109 Å². The Labute approximate surface area is 180 Å². The fourth-order valence-corrected chi connectivity index (χ4v) is 3.53. The minimum Gasteiger partial charge on any atom is -0.268 e. The molecule has 1 aromatic heterocycles. The van der Waals surface area contributed by atoms with Gasteiger partial charge in [-0.1, -0.05) is 41.4 Å². The van der Waals surface area contributed by atoms with Crippen molar-refractivity contribution in [2.24, 2.45) is 0 Å². The molecule has 0 N–H and O–H groups in total. The minimum atomic E-state index is -0.460. The number of benzene rings is 3. The fraction of sp³-hybridized carbons (Fsp3) is 0.